The Morgan fingerprint density at radius 2 is 1.24 bits per heavy atom. The first kappa shape index (κ1) is 20.3. The normalized spacial score (nSPS) is 36.4. The smallest absolute Gasteiger partial charge is 0.119 e. The summed E-state index contributed by atoms with van der Waals surface area (Å²) in [6.07, 6.45) is 7.83. The molecule has 2 aromatic rings. The molecule has 2 saturated heterocycles. The highest BCUT2D eigenvalue weighted by Crippen LogP contribution is 2.64. The van der Waals surface area contributed by atoms with Crippen LogP contribution in [0.25, 0.3) is 0 Å². The fourth-order valence-corrected chi connectivity index (χ4v) is 7.44. The number of rotatable bonds is 9. The molecular weight excluding hydrogens is 412 g/mol. The summed E-state index contributed by atoms with van der Waals surface area (Å²) >= 11 is 0. The summed E-state index contributed by atoms with van der Waals surface area (Å²) in [5.74, 6) is 6.92. The molecule has 8 atom stereocenters. The summed E-state index contributed by atoms with van der Waals surface area (Å²) in [6, 6.07) is 17.8. The van der Waals surface area contributed by atoms with Crippen LogP contribution in [0.2, 0.25) is 0 Å². The van der Waals surface area contributed by atoms with E-state index >= 15 is 0 Å². The van der Waals surface area contributed by atoms with Gasteiger partial charge in [-0.15, -0.1) is 0 Å². The molecule has 0 spiro atoms. The highest BCUT2D eigenvalue weighted by atomic mass is 16.6. The summed E-state index contributed by atoms with van der Waals surface area (Å²) in [5.41, 5.74) is 2.86. The van der Waals surface area contributed by atoms with Gasteiger partial charge in [0, 0.05) is 5.92 Å². The quantitative estimate of drug-likeness (QED) is 0.481. The third-order valence-corrected chi connectivity index (χ3v) is 9.06. The van der Waals surface area contributed by atoms with Crippen LogP contribution in [0.4, 0.5) is 0 Å². The Bertz CT molecular complexity index is 903. The molecule has 2 aromatic carbocycles. The predicted molar refractivity (Wildman–Crippen MR) is 126 cm³/mol. The van der Waals surface area contributed by atoms with E-state index in [9.17, 15) is 0 Å². The molecule has 0 radical (unpaired) electrons. The van der Waals surface area contributed by atoms with Gasteiger partial charge in [0.15, 0.2) is 0 Å². The van der Waals surface area contributed by atoms with Crippen LogP contribution in [0.1, 0.15) is 49.1 Å². The predicted octanol–water partition coefficient (Wildman–Crippen LogP) is 5.45. The number of hydrogen-bond acceptors (Lipinski definition) is 4. The van der Waals surface area contributed by atoms with Gasteiger partial charge in [-0.2, -0.15) is 0 Å². The van der Waals surface area contributed by atoms with Gasteiger partial charge in [0.05, 0.1) is 13.2 Å². The Morgan fingerprint density at radius 1 is 0.697 bits per heavy atom. The number of benzene rings is 2. The summed E-state index contributed by atoms with van der Waals surface area (Å²) < 4.78 is 22.4. The van der Waals surface area contributed by atoms with Crippen molar-refractivity contribution in [2.75, 3.05) is 26.4 Å². The SMILES string of the molecule is c1cc(C(c2ccc(OC[C@H]3CO3)cc2)C2CC3CC2C2CCCC32)ccc1OCC1CO1. The molecule has 5 aliphatic rings. The summed E-state index contributed by atoms with van der Waals surface area (Å²) in [4.78, 5) is 0. The van der Waals surface area contributed by atoms with Crippen LogP contribution >= 0.6 is 0 Å². The Kier molecular flexibility index (Phi) is 5.13. The lowest BCUT2D eigenvalue weighted by atomic mass is 9.67. The molecule has 5 fully saturated rings. The number of ether oxygens (including phenoxy) is 4. The van der Waals surface area contributed by atoms with Crippen molar-refractivity contribution in [1.29, 1.82) is 0 Å². The van der Waals surface area contributed by atoms with Gasteiger partial charge < -0.3 is 18.9 Å². The Morgan fingerprint density at radius 3 is 1.79 bits per heavy atom. The topological polar surface area (TPSA) is 43.5 Å². The zero-order chi connectivity index (χ0) is 21.8. The average molecular weight is 447 g/mol. The second-order valence-corrected chi connectivity index (χ2v) is 11.0. The lowest BCUT2D eigenvalue weighted by molar-refractivity contribution is 0.175. The van der Waals surface area contributed by atoms with Crippen LogP contribution < -0.4 is 9.47 Å². The van der Waals surface area contributed by atoms with Crippen molar-refractivity contribution in [2.45, 2.75) is 50.2 Å². The van der Waals surface area contributed by atoms with Crippen molar-refractivity contribution in [2.24, 2.45) is 29.6 Å². The lowest BCUT2D eigenvalue weighted by Gasteiger charge is -2.37. The highest BCUT2D eigenvalue weighted by molar-refractivity contribution is 5.40. The zero-order valence-corrected chi connectivity index (χ0v) is 19.2. The van der Waals surface area contributed by atoms with E-state index in [-0.39, 0.29) is 12.2 Å². The van der Waals surface area contributed by atoms with E-state index in [2.05, 4.69) is 48.5 Å². The molecule has 2 aliphatic heterocycles. The van der Waals surface area contributed by atoms with E-state index < -0.39 is 0 Å². The van der Waals surface area contributed by atoms with Crippen molar-refractivity contribution in [3.05, 3.63) is 59.7 Å². The first-order valence-corrected chi connectivity index (χ1v) is 13.0. The Labute approximate surface area is 196 Å². The largest absolute Gasteiger partial charge is 0.491 e. The number of hydrogen-bond donors (Lipinski definition) is 0. The minimum absolute atomic E-state index is 0.290. The van der Waals surface area contributed by atoms with Crippen LogP contribution in [0.5, 0.6) is 11.5 Å². The van der Waals surface area contributed by atoms with Gasteiger partial charge in [-0.3, -0.25) is 0 Å². The maximum absolute atomic E-state index is 5.92. The average Bonchev–Trinajstić information content (AvgIpc) is 3.73. The lowest BCUT2D eigenvalue weighted by Crippen LogP contribution is -2.29. The Balaban J connectivity index is 1.15. The summed E-state index contributed by atoms with van der Waals surface area (Å²) in [7, 11) is 0. The van der Waals surface area contributed by atoms with Crippen LogP contribution in [-0.2, 0) is 9.47 Å². The van der Waals surface area contributed by atoms with E-state index in [0.717, 1.165) is 54.3 Å². The molecule has 4 nitrogen and oxygen atoms in total. The van der Waals surface area contributed by atoms with Crippen molar-refractivity contribution < 1.29 is 18.9 Å². The molecule has 4 heteroatoms. The molecule has 0 aromatic heterocycles. The van der Waals surface area contributed by atoms with E-state index in [4.69, 9.17) is 18.9 Å². The third-order valence-electron chi connectivity index (χ3n) is 9.06. The molecule has 3 saturated carbocycles. The maximum Gasteiger partial charge on any atom is 0.119 e. The molecule has 2 heterocycles. The van der Waals surface area contributed by atoms with Gasteiger partial charge >= 0.3 is 0 Å². The summed E-state index contributed by atoms with van der Waals surface area (Å²) in [5, 5.41) is 0. The minimum atomic E-state index is 0.290. The summed E-state index contributed by atoms with van der Waals surface area (Å²) in [6.45, 7) is 2.98. The molecule has 174 valence electrons. The van der Waals surface area contributed by atoms with Crippen molar-refractivity contribution in [3.63, 3.8) is 0 Å². The maximum atomic E-state index is 5.92. The van der Waals surface area contributed by atoms with Crippen LogP contribution in [0.3, 0.4) is 0 Å². The van der Waals surface area contributed by atoms with Crippen molar-refractivity contribution in [1.82, 2.24) is 0 Å². The molecule has 2 bridgehead atoms. The molecule has 0 amide bonds. The molecule has 33 heavy (non-hydrogen) atoms. The van der Waals surface area contributed by atoms with E-state index in [1.165, 1.54) is 43.2 Å². The number of fused-ring (bicyclic) bond motifs is 5. The first-order valence-electron chi connectivity index (χ1n) is 13.0. The molecule has 0 N–H and O–H groups in total. The minimum Gasteiger partial charge on any atom is -0.491 e. The Hall–Kier alpha value is -2.04. The molecule has 3 aliphatic carbocycles. The second-order valence-electron chi connectivity index (χ2n) is 11.0. The fourth-order valence-electron chi connectivity index (χ4n) is 7.44. The molecule has 7 rings (SSSR count). The van der Waals surface area contributed by atoms with Crippen molar-refractivity contribution in [3.8, 4) is 11.5 Å². The van der Waals surface area contributed by atoms with Crippen molar-refractivity contribution >= 4 is 0 Å². The molecule has 7 unspecified atom stereocenters. The third kappa shape index (κ3) is 4.06. The highest BCUT2D eigenvalue weighted by Gasteiger charge is 2.55. The van der Waals surface area contributed by atoms with Crippen LogP contribution in [0.15, 0.2) is 48.5 Å². The van der Waals surface area contributed by atoms with Gasteiger partial charge in [-0.05, 0) is 90.7 Å². The van der Waals surface area contributed by atoms with E-state index in [0.29, 0.717) is 19.1 Å². The standard InChI is InChI=1S/C29H34O4/c1-2-25-20-12-27(26(25)3-1)28(13-20)29(18-4-8-21(9-5-18)30-14-23-16-32-23)19-6-10-22(11-7-19)31-15-24-17-33-24/h4-11,20,23-29H,1-3,12-17H2/t20?,23-,24?,25?,26?,27?,28?,29?/m0/s1. The van der Waals surface area contributed by atoms with Gasteiger partial charge in [0.25, 0.3) is 0 Å². The van der Waals surface area contributed by atoms with Gasteiger partial charge in [-0.1, -0.05) is 30.7 Å². The van der Waals surface area contributed by atoms with Gasteiger partial charge in [-0.25, -0.2) is 0 Å². The zero-order valence-electron chi connectivity index (χ0n) is 19.2. The van der Waals surface area contributed by atoms with Gasteiger partial charge in [0.2, 0.25) is 0 Å². The first-order chi connectivity index (χ1) is 16.3. The van der Waals surface area contributed by atoms with Gasteiger partial charge in [0.1, 0.15) is 36.9 Å². The van der Waals surface area contributed by atoms with E-state index in [1.54, 1.807) is 0 Å². The number of epoxide rings is 2. The molecular formula is C29H34O4. The monoisotopic (exact) mass is 446 g/mol. The van der Waals surface area contributed by atoms with E-state index in [1.807, 2.05) is 0 Å². The van der Waals surface area contributed by atoms with Crippen LogP contribution in [0, 0.1) is 29.6 Å². The fraction of sp³-hybridized carbons (Fsp3) is 0.586. The second kappa shape index (κ2) is 8.32. The van der Waals surface area contributed by atoms with Crippen LogP contribution in [-0.4, -0.2) is 38.6 Å².